The van der Waals surface area contributed by atoms with Gasteiger partial charge < -0.3 is 40.3 Å². The summed E-state index contributed by atoms with van der Waals surface area (Å²) < 4.78 is 68.6. The molecule has 53 heavy (non-hydrogen) atoms. The maximum absolute atomic E-state index is 14.4. The molecule has 1 unspecified atom stereocenters. The molecule has 2 aliphatic heterocycles. The molecule has 2 atom stereocenters. The average Bonchev–Trinajstić information content (AvgIpc) is 3.55. The van der Waals surface area contributed by atoms with Crippen LogP contribution >= 0.6 is 0 Å². The van der Waals surface area contributed by atoms with Crippen LogP contribution < -0.4 is 30.5 Å². The van der Waals surface area contributed by atoms with Crippen molar-refractivity contribution in [3.8, 4) is 5.75 Å². The molecule has 2 saturated heterocycles. The molecule has 2 aromatic carbocycles. The van der Waals surface area contributed by atoms with Gasteiger partial charge >= 0.3 is 18.2 Å². The smallest absolute Gasteiger partial charge is 0.410 e. The minimum absolute atomic E-state index is 0.0588. The summed E-state index contributed by atoms with van der Waals surface area (Å²) in [6.07, 6.45) is -2.63. The Morgan fingerprint density at radius 3 is 2.57 bits per heavy atom. The Bertz CT molecular complexity index is 1930. The van der Waals surface area contributed by atoms with Gasteiger partial charge in [0.05, 0.1) is 17.8 Å². The lowest BCUT2D eigenvalue weighted by atomic mass is 10.0. The molecule has 0 radical (unpaired) electrons. The Labute approximate surface area is 301 Å². The number of anilines is 2. The number of aromatic nitrogens is 3. The summed E-state index contributed by atoms with van der Waals surface area (Å²) in [5.74, 6) is -3.23. The van der Waals surface area contributed by atoms with Gasteiger partial charge in [-0.1, -0.05) is 36.8 Å². The Kier molecular flexibility index (Phi) is 11.2. The first-order valence-corrected chi connectivity index (χ1v) is 16.9. The molecule has 2 aromatic heterocycles. The van der Waals surface area contributed by atoms with Crippen molar-refractivity contribution >= 4 is 35.3 Å². The fourth-order valence-corrected chi connectivity index (χ4v) is 6.13. The molecule has 282 valence electrons. The van der Waals surface area contributed by atoms with Crippen LogP contribution in [0.1, 0.15) is 46.9 Å². The van der Waals surface area contributed by atoms with Crippen LogP contribution in [-0.2, 0) is 16.1 Å². The third kappa shape index (κ3) is 9.24. The number of likely N-dealkylation sites (N-methyl/N-ethyl adjacent to an activating group) is 1. The molecule has 18 heteroatoms. The summed E-state index contributed by atoms with van der Waals surface area (Å²) in [7, 11) is 1.43. The lowest BCUT2D eigenvalue weighted by Gasteiger charge is -2.40. The van der Waals surface area contributed by atoms with Gasteiger partial charge in [0.25, 0.3) is 5.91 Å². The molecule has 2 aliphatic rings. The number of amides is 2. The zero-order chi connectivity index (χ0) is 37.7. The highest BCUT2D eigenvalue weighted by Gasteiger charge is 2.42. The van der Waals surface area contributed by atoms with Gasteiger partial charge in [0, 0.05) is 38.8 Å². The van der Waals surface area contributed by atoms with E-state index in [1.807, 2.05) is 40.5 Å². The van der Waals surface area contributed by atoms with Gasteiger partial charge in [0.1, 0.15) is 41.4 Å². The molecule has 14 nitrogen and oxygen atoms in total. The van der Waals surface area contributed by atoms with Crippen molar-refractivity contribution in [2.75, 3.05) is 49.6 Å². The minimum Gasteiger partial charge on any atom is -0.483 e. The summed E-state index contributed by atoms with van der Waals surface area (Å²) in [4.78, 5) is 44.5. The van der Waals surface area contributed by atoms with Crippen LogP contribution in [0.25, 0.3) is 5.65 Å². The molecular formula is C35H38F4N8O6. The fraction of sp³-hybridized carbons (Fsp3) is 0.400. The molecule has 4 heterocycles. The van der Waals surface area contributed by atoms with Crippen molar-refractivity contribution < 1.29 is 46.5 Å². The van der Waals surface area contributed by atoms with Crippen LogP contribution in [0.5, 0.6) is 5.75 Å². The quantitative estimate of drug-likeness (QED) is 0.146. The van der Waals surface area contributed by atoms with E-state index >= 15 is 0 Å². The first kappa shape index (κ1) is 37.1. The van der Waals surface area contributed by atoms with Gasteiger partial charge in [-0.25, -0.2) is 19.0 Å². The van der Waals surface area contributed by atoms with Crippen LogP contribution in [0.15, 0.2) is 60.7 Å². The number of nitrogens with one attached hydrogen (secondary N) is 3. The highest BCUT2D eigenvalue weighted by molar-refractivity contribution is 5.91. The van der Waals surface area contributed by atoms with Crippen LogP contribution in [-0.4, -0.2) is 95.8 Å². The van der Waals surface area contributed by atoms with E-state index in [-0.39, 0.29) is 30.3 Å². The second kappa shape index (κ2) is 15.9. The molecule has 2 amide bonds. The number of ether oxygens (including phenoxy) is 2. The second-order valence-corrected chi connectivity index (χ2v) is 12.9. The number of benzene rings is 2. The third-order valence-corrected chi connectivity index (χ3v) is 8.93. The van der Waals surface area contributed by atoms with Crippen LogP contribution in [0.4, 0.5) is 34.0 Å². The molecule has 0 bridgehead atoms. The van der Waals surface area contributed by atoms with Gasteiger partial charge in [0.2, 0.25) is 0 Å². The van der Waals surface area contributed by atoms with E-state index < -0.39 is 54.7 Å². The number of halogens is 4. The largest absolute Gasteiger partial charge is 0.483 e. The number of rotatable bonds is 13. The van der Waals surface area contributed by atoms with Gasteiger partial charge in [-0.3, -0.25) is 4.79 Å². The normalized spacial score (nSPS) is 16.8. The van der Waals surface area contributed by atoms with E-state index in [1.165, 1.54) is 16.5 Å². The summed E-state index contributed by atoms with van der Waals surface area (Å²) in [5.41, 5.74) is 1.35. The number of carbonyl (C=O) groups is 3. The van der Waals surface area contributed by atoms with Crippen molar-refractivity contribution in [1.82, 2.24) is 30.5 Å². The molecular weight excluding hydrogens is 704 g/mol. The van der Waals surface area contributed by atoms with E-state index in [9.17, 15) is 37.1 Å². The summed E-state index contributed by atoms with van der Waals surface area (Å²) in [5, 5.41) is 22.2. The number of carboxylic acids is 1. The highest BCUT2D eigenvalue weighted by atomic mass is 19.4. The monoisotopic (exact) mass is 742 g/mol. The summed E-state index contributed by atoms with van der Waals surface area (Å²) in [6.45, 7) is -0.0303. The molecule has 4 aromatic rings. The van der Waals surface area contributed by atoms with E-state index in [4.69, 9.17) is 19.6 Å². The molecule has 4 N–H and O–H groups in total. The number of nitrogens with zero attached hydrogens (tertiary/aromatic N) is 5. The zero-order valence-corrected chi connectivity index (χ0v) is 28.6. The van der Waals surface area contributed by atoms with Crippen LogP contribution in [0.2, 0.25) is 0 Å². The lowest BCUT2D eigenvalue weighted by Crippen LogP contribution is -2.59. The number of alkyl halides is 3. The van der Waals surface area contributed by atoms with Crippen molar-refractivity contribution in [3.05, 3.63) is 83.3 Å². The number of hydrogen-bond donors (Lipinski definition) is 4. The second-order valence-electron chi connectivity index (χ2n) is 12.9. The fourth-order valence-electron chi connectivity index (χ4n) is 6.13. The maximum Gasteiger partial charge on any atom is 0.410 e. The van der Waals surface area contributed by atoms with Crippen molar-refractivity contribution in [1.29, 1.82) is 0 Å². The number of carboxylic acid groups (broad SMARTS) is 1. The van der Waals surface area contributed by atoms with E-state index in [2.05, 4.69) is 10.6 Å². The molecule has 0 aliphatic carbocycles. The zero-order valence-electron chi connectivity index (χ0n) is 28.6. The van der Waals surface area contributed by atoms with E-state index in [0.29, 0.717) is 36.3 Å². The Morgan fingerprint density at radius 1 is 1.09 bits per heavy atom. The predicted molar refractivity (Wildman–Crippen MR) is 183 cm³/mol. The Balaban J connectivity index is 1.16. The predicted octanol–water partition coefficient (Wildman–Crippen LogP) is 4.06. The minimum atomic E-state index is -4.90. The molecule has 2 fully saturated rings. The molecule has 0 saturated carbocycles. The molecule has 0 spiro atoms. The van der Waals surface area contributed by atoms with Crippen molar-refractivity contribution in [2.24, 2.45) is 0 Å². The van der Waals surface area contributed by atoms with Crippen LogP contribution in [0.3, 0.4) is 0 Å². The number of piperidine rings is 1. The third-order valence-electron chi connectivity index (χ3n) is 8.93. The summed E-state index contributed by atoms with van der Waals surface area (Å²) in [6, 6.07) is 12.5. The number of hydrogen-bond acceptors (Lipinski definition) is 10. The Hall–Kier alpha value is -5.65. The number of alkyl carbamates (subject to hydrolysis) is 1. The standard InChI is InChI=1S/C35H38F4N8O6/c1-45(18-28(35(37,38)39)42-31(48)20-52-27-11-10-22(36)13-24(27)33(49)50)32-15-29(43-30-14-26(44-47(30)32)25-9-5-6-12-40-25)46-16-23(17-46)41-34(51)53-19-21-7-3-2-4-8-21/h2-4,7-8,10-11,13-15,23,25,28,40H,5-6,9,12,16-20H2,1H3,(H,41,51)(H,42,48)(H,49,50)/t25-,28?/m0/s1. The van der Waals surface area contributed by atoms with Crippen molar-refractivity contribution in [3.63, 3.8) is 0 Å². The first-order valence-electron chi connectivity index (χ1n) is 16.9. The SMILES string of the molecule is CN(CC(NC(=O)COc1ccc(F)cc1C(=O)O)C(F)(F)F)c1cc(N2CC(NC(=O)OCc3ccccc3)C2)nc2cc([C@@H]3CCCCN3)nn12. The van der Waals surface area contributed by atoms with Gasteiger partial charge in [-0.05, 0) is 43.1 Å². The number of fused-ring (bicyclic) bond motifs is 1. The first-order chi connectivity index (χ1) is 25.3. The summed E-state index contributed by atoms with van der Waals surface area (Å²) >= 11 is 0. The van der Waals surface area contributed by atoms with Crippen LogP contribution in [0, 0.1) is 5.82 Å². The van der Waals surface area contributed by atoms with Gasteiger partial charge in [-0.15, -0.1) is 0 Å². The Morgan fingerprint density at radius 2 is 1.87 bits per heavy atom. The topological polar surface area (TPSA) is 163 Å². The number of carbonyl (C=O) groups excluding carboxylic acids is 2. The maximum atomic E-state index is 14.4. The lowest BCUT2D eigenvalue weighted by molar-refractivity contribution is -0.160. The van der Waals surface area contributed by atoms with Gasteiger partial charge in [0.15, 0.2) is 12.3 Å². The molecule has 6 rings (SSSR count). The van der Waals surface area contributed by atoms with E-state index in [0.717, 1.165) is 43.5 Å². The van der Waals surface area contributed by atoms with Crippen molar-refractivity contribution in [2.45, 2.75) is 50.2 Å². The number of aromatic carboxylic acids is 1. The average molecular weight is 743 g/mol. The van der Waals surface area contributed by atoms with E-state index in [1.54, 1.807) is 12.1 Å². The highest BCUT2D eigenvalue weighted by Crippen LogP contribution is 2.30. The van der Waals surface area contributed by atoms with Gasteiger partial charge in [-0.2, -0.15) is 22.8 Å².